The maximum Gasteiger partial charge on any atom is 0.339 e. The van der Waals surface area contributed by atoms with Gasteiger partial charge in [-0.3, -0.25) is 9.20 Å². The lowest BCUT2D eigenvalue weighted by Crippen LogP contribution is -2.17. The quantitative estimate of drug-likeness (QED) is 0.328. The second-order valence-electron chi connectivity index (χ2n) is 8.24. The van der Waals surface area contributed by atoms with E-state index in [1.165, 1.54) is 10.5 Å². The van der Waals surface area contributed by atoms with Crippen LogP contribution in [-0.4, -0.2) is 34.6 Å². The third-order valence-electron chi connectivity index (χ3n) is 5.83. The molecule has 8 nitrogen and oxygen atoms in total. The van der Waals surface area contributed by atoms with E-state index in [0.29, 0.717) is 45.0 Å². The molecule has 0 aliphatic rings. The zero-order valence-electron chi connectivity index (χ0n) is 20.0. The predicted octanol–water partition coefficient (Wildman–Crippen LogP) is 4.59. The molecule has 0 aliphatic heterocycles. The number of hydrogen-bond donors (Lipinski definition) is 0. The Morgan fingerprint density at radius 3 is 2.53 bits per heavy atom. The van der Waals surface area contributed by atoms with Crippen LogP contribution in [0.5, 0.6) is 11.5 Å². The SMILES string of the molecule is COc1ccc(-c2cc(C(=O)OCc3cc(=O)n4cc(C)ccc4n3)c3ccccc3n2)cc1OC. The molecule has 0 amide bonds. The number of benzene rings is 2. The summed E-state index contributed by atoms with van der Waals surface area (Å²) in [5, 5.41) is 0.661. The number of esters is 1. The summed E-state index contributed by atoms with van der Waals surface area (Å²) in [7, 11) is 3.13. The maximum absolute atomic E-state index is 13.2. The van der Waals surface area contributed by atoms with Crippen LogP contribution in [0.1, 0.15) is 21.6 Å². The van der Waals surface area contributed by atoms with Crippen LogP contribution >= 0.6 is 0 Å². The van der Waals surface area contributed by atoms with Gasteiger partial charge in [-0.15, -0.1) is 0 Å². The molecule has 8 heteroatoms. The largest absolute Gasteiger partial charge is 0.493 e. The number of hydrogen-bond acceptors (Lipinski definition) is 7. The fourth-order valence-corrected chi connectivity index (χ4v) is 4.04. The molecule has 0 saturated carbocycles. The highest BCUT2D eigenvalue weighted by Gasteiger charge is 2.17. The Labute approximate surface area is 206 Å². The molecule has 0 saturated heterocycles. The molecule has 0 spiro atoms. The lowest BCUT2D eigenvalue weighted by Gasteiger charge is -2.12. The highest BCUT2D eigenvalue weighted by molar-refractivity contribution is 6.04. The van der Waals surface area contributed by atoms with Crippen LogP contribution in [-0.2, 0) is 11.3 Å². The molecule has 0 unspecified atom stereocenters. The summed E-state index contributed by atoms with van der Waals surface area (Å²) in [6, 6.07) is 19.5. The molecule has 3 aromatic heterocycles. The highest BCUT2D eigenvalue weighted by atomic mass is 16.5. The molecular weight excluding hydrogens is 458 g/mol. The fraction of sp³-hybridized carbons (Fsp3) is 0.143. The minimum absolute atomic E-state index is 0.138. The van der Waals surface area contributed by atoms with Crippen molar-refractivity contribution in [3.8, 4) is 22.8 Å². The van der Waals surface area contributed by atoms with Gasteiger partial charge in [0.15, 0.2) is 11.5 Å². The van der Waals surface area contributed by atoms with Crippen LogP contribution < -0.4 is 15.0 Å². The normalized spacial score (nSPS) is 11.0. The van der Waals surface area contributed by atoms with Gasteiger partial charge in [0.05, 0.1) is 36.7 Å². The van der Waals surface area contributed by atoms with Gasteiger partial charge in [-0.25, -0.2) is 14.8 Å². The van der Waals surface area contributed by atoms with Crippen molar-refractivity contribution in [2.24, 2.45) is 0 Å². The van der Waals surface area contributed by atoms with Crippen LogP contribution in [0.15, 0.2) is 77.7 Å². The van der Waals surface area contributed by atoms with E-state index in [1.807, 2.05) is 43.3 Å². The number of fused-ring (bicyclic) bond motifs is 2. The maximum atomic E-state index is 13.2. The van der Waals surface area contributed by atoms with Crippen molar-refractivity contribution in [2.45, 2.75) is 13.5 Å². The fourth-order valence-electron chi connectivity index (χ4n) is 4.04. The van der Waals surface area contributed by atoms with Gasteiger partial charge in [0.25, 0.3) is 5.56 Å². The standard InChI is InChI=1S/C28H23N3O5/c1-17-8-11-26-29-19(13-27(32)31(26)15-17)16-36-28(33)21-14-23(30-22-7-5-4-6-20(21)22)18-9-10-24(34-2)25(12-18)35-3/h4-15H,16H2,1-3H3. The van der Waals surface area contributed by atoms with Crippen molar-refractivity contribution in [3.05, 3.63) is 100 Å². The summed E-state index contributed by atoms with van der Waals surface area (Å²) < 4.78 is 17.8. The number of carbonyl (C=O) groups excluding carboxylic acids is 1. The first-order valence-electron chi connectivity index (χ1n) is 11.2. The molecule has 0 aliphatic carbocycles. The van der Waals surface area contributed by atoms with E-state index in [0.717, 1.165) is 11.1 Å². The number of aryl methyl sites for hydroxylation is 1. The zero-order chi connectivity index (χ0) is 25.2. The van der Waals surface area contributed by atoms with Crippen LogP contribution in [0.25, 0.3) is 27.8 Å². The molecule has 36 heavy (non-hydrogen) atoms. The van der Waals surface area contributed by atoms with E-state index in [9.17, 15) is 9.59 Å². The lowest BCUT2D eigenvalue weighted by molar-refractivity contribution is 0.0470. The van der Waals surface area contributed by atoms with Crippen molar-refractivity contribution in [1.29, 1.82) is 0 Å². The third-order valence-corrected chi connectivity index (χ3v) is 5.83. The monoisotopic (exact) mass is 481 g/mol. The number of rotatable bonds is 6. The summed E-state index contributed by atoms with van der Waals surface area (Å²) in [6.45, 7) is 1.76. The summed E-state index contributed by atoms with van der Waals surface area (Å²) in [4.78, 5) is 34.9. The van der Waals surface area contributed by atoms with Crippen LogP contribution in [0.2, 0.25) is 0 Å². The van der Waals surface area contributed by atoms with Crippen molar-refractivity contribution in [3.63, 3.8) is 0 Å². The number of para-hydroxylation sites is 1. The average Bonchev–Trinajstić information content (AvgIpc) is 2.91. The first kappa shape index (κ1) is 23.0. The second-order valence-corrected chi connectivity index (χ2v) is 8.24. The van der Waals surface area contributed by atoms with Gasteiger partial charge in [0.1, 0.15) is 12.3 Å². The minimum atomic E-state index is -0.541. The number of nitrogens with zero attached hydrogens (tertiary/aromatic N) is 3. The number of aromatic nitrogens is 3. The van der Waals surface area contributed by atoms with Gasteiger partial charge in [-0.2, -0.15) is 0 Å². The summed E-state index contributed by atoms with van der Waals surface area (Å²) >= 11 is 0. The second kappa shape index (κ2) is 9.50. The highest BCUT2D eigenvalue weighted by Crippen LogP contribution is 2.33. The molecule has 0 atom stereocenters. The molecule has 0 bridgehead atoms. The Bertz CT molecular complexity index is 1680. The van der Waals surface area contributed by atoms with E-state index in [4.69, 9.17) is 19.2 Å². The van der Waals surface area contributed by atoms with Gasteiger partial charge >= 0.3 is 5.97 Å². The van der Waals surface area contributed by atoms with Crippen LogP contribution in [0.4, 0.5) is 0 Å². The zero-order valence-corrected chi connectivity index (χ0v) is 20.0. The van der Waals surface area contributed by atoms with Gasteiger partial charge in [0.2, 0.25) is 0 Å². The third kappa shape index (κ3) is 4.36. The smallest absolute Gasteiger partial charge is 0.339 e. The topological polar surface area (TPSA) is 92.0 Å². The van der Waals surface area contributed by atoms with E-state index < -0.39 is 5.97 Å². The Morgan fingerprint density at radius 2 is 1.72 bits per heavy atom. The Balaban J connectivity index is 1.49. The molecule has 5 rings (SSSR count). The van der Waals surface area contributed by atoms with Crippen LogP contribution in [0, 0.1) is 6.92 Å². The molecule has 0 fully saturated rings. The lowest BCUT2D eigenvalue weighted by atomic mass is 10.0. The molecule has 0 N–H and O–H groups in total. The number of carbonyl (C=O) groups is 1. The summed E-state index contributed by atoms with van der Waals surface area (Å²) in [5.74, 6) is 0.606. The van der Waals surface area contributed by atoms with Crippen LogP contribution in [0.3, 0.4) is 0 Å². The van der Waals surface area contributed by atoms with E-state index in [-0.39, 0.29) is 12.2 Å². The van der Waals surface area contributed by atoms with Gasteiger partial charge in [-0.1, -0.05) is 24.3 Å². The first-order chi connectivity index (χ1) is 17.5. The van der Waals surface area contributed by atoms with Gasteiger partial charge in [-0.05, 0) is 48.9 Å². The van der Waals surface area contributed by atoms with Crippen molar-refractivity contribution in [2.75, 3.05) is 14.2 Å². The average molecular weight is 482 g/mol. The van der Waals surface area contributed by atoms with E-state index in [2.05, 4.69) is 4.98 Å². The first-order valence-corrected chi connectivity index (χ1v) is 11.2. The molecule has 3 heterocycles. The predicted molar refractivity (Wildman–Crippen MR) is 136 cm³/mol. The molecule has 180 valence electrons. The number of ether oxygens (including phenoxy) is 3. The summed E-state index contributed by atoms with van der Waals surface area (Å²) in [5.41, 5.74) is 3.92. The molecular formula is C28H23N3O5. The van der Waals surface area contributed by atoms with Gasteiger partial charge in [0, 0.05) is 23.2 Å². The molecule has 2 aromatic carbocycles. The molecule has 0 radical (unpaired) electrons. The minimum Gasteiger partial charge on any atom is -0.493 e. The Kier molecular flexibility index (Phi) is 6.08. The number of pyridine rings is 2. The molecule has 5 aromatic rings. The van der Waals surface area contributed by atoms with Crippen molar-refractivity contribution >= 4 is 22.5 Å². The van der Waals surface area contributed by atoms with E-state index >= 15 is 0 Å². The Morgan fingerprint density at radius 1 is 0.917 bits per heavy atom. The van der Waals surface area contributed by atoms with E-state index in [1.54, 1.807) is 44.7 Å². The van der Waals surface area contributed by atoms with Crippen molar-refractivity contribution in [1.82, 2.24) is 14.4 Å². The summed E-state index contributed by atoms with van der Waals surface area (Å²) in [6.07, 6.45) is 1.72. The number of methoxy groups -OCH3 is 2. The Hall–Kier alpha value is -4.72. The van der Waals surface area contributed by atoms with Gasteiger partial charge < -0.3 is 14.2 Å². The van der Waals surface area contributed by atoms with Crippen molar-refractivity contribution < 1.29 is 19.0 Å².